The molecule has 260 valence electrons. The van der Waals surface area contributed by atoms with Gasteiger partial charge in [0.1, 0.15) is 13.1 Å². The zero-order chi connectivity index (χ0) is 34.4. The van der Waals surface area contributed by atoms with E-state index in [-0.39, 0.29) is 0 Å². The lowest BCUT2D eigenvalue weighted by molar-refractivity contribution is -0.655. The summed E-state index contributed by atoms with van der Waals surface area (Å²) < 4.78 is 105. The second-order valence-corrected chi connectivity index (χ2v) is 18.0. The minimum atomic E-state index is -2.44. The molecule has 0 saturated carbocycles. The molecule has 0 aliphatic heterocycles. The van der Waals surface area contributed by atoms with Gasteiger partial charge in [0, 0.05) is 5.56 Å². The molecule has 0 aromatic heterocycles. The highest BCUT2D eigenvalue weighted by atomic mass is 27.2. The Kier molecular flexibility index (Phi) is 23.6. The maximum absolute atomic E-state index is 13.4. The van der Waals surface area contributed by atoms with E-state index in [2.05, 4.69) is 46.9 Å². The maximum atomic E-state index is 13.4. The molecule has 45 heavy (non-hydrogen) atoms. The summed E-state index contributed by atoms with van der Waals surface area (Å²) in [5, 5.41) is 9.02. The molecule has 0 saturated heterocycles. The van der Waals surface area contributed by atoms with Crippen LogP contribution < -0.4 is 5.32 Å². The van der Waals surface area contributed by atoms with Gasteiger partial charge in [0.25, 0.3) is 0 Å². The third-order valence-corrected chi connectivity index (χ3v) is 15.0. The molecule has 0 bridgehead atoms. The van der Waals surface area contributed by atoms with E-state index in [4.69, 9.17) is 0 Å². The molecule has 0 aliphatic rings. The first-order chi connectivity index (χ1) is 21.4. The number of hydrogen-bond acceptors (Lipinski definition) is 0. The van der Waals surface area contributed by atoms with Crippen LogP contribution in [0.25, 0.3) is 11.1 Å². The van der Waals surface area contributed by atoms with E-state index >= 15 is 0 Å². The van der Waals surface area contributed by atoms with Crippen LogP contribution in [0.1, 0.15) is 112 Å². The van der Waals surface area contributed by atoms with E-state index in [1.807, 2.05) is 0 Å². The first-order valence-corrected chi connectivity index (χ1v) is 20.4. The van der Waals surface area contributed by atoms with Crippen molar-refractivity contribution >= 4 is 13.1 Å². The number of rotatable bonds is 18. The fraction of sp³-hybridized carbons (Fsp3) is 0.657. The third-order valence-electron chi connectivity index (χ3n) is 8.45. The Labute approximate surface area is 269 Å². The number of halogens is 8. The summed E-state index contributed by atoms with van der Waals surface area (Å²) >= 11 is -1.20. The summed E-state index contributed by atoms with van der Waals surface area (Å²) in [5.74, 6) is -17.6. The van der Waals surface area contributed by atoms with Crippen LogP contribution in [-0.4, -0.2) is 26.2 Å². The van der Waals surface area contributed by atoms with E-state index in [0.29, 0.717) is 12.1 Å². The Morgan fingerprint density at radius 3 is 1.22 bits per heavy atom. The summed E-state index contributed by atoms with van der Waals surface area (Å²) in [6, 6.07) is 0.665. The molecule has 0 heterocycles. The average molecular weight is 670 g/mol. The number of quaternary nitrogens is 1. The molecule has 10 heteroatoms. The standard InChI is InChI=1S/C12H2F8.C7H17N.4C4H9.Al/c13-4-2-1-3(6(14)7(4)15)5-8(16)10(18)12(20)11(19)9(5)17;1-3-5-7-8-6-4-2;4*1-3-4-2;/h1-2H;8H,3-7H2,1-2H3;4*1,3-4H2,2H3;/q;;;;;;-1/p+1. The summed E-state index contributed by atoms with van der Waals surface area (Å²) in [6.07, 6.45) is 15.7. The highest BCUT2D eigenvalue weighted by Gasteiger charge is 2.29. The van der Waals surface area contributed by atoms with Gasteiger partial charge in [0.2, 0.25) is 5.82 Å². The molecule has 2 N–H and O–H groups in total. The van der Waals surface area contributed by atoms with Crippen molar-refractivity contribution in [2.75, 3.05) is 13.1 Å². The summed E-state index contributed by atoms with van der Waals surface area (Å²) in [5.41, 5.74) is -2.95. The second-order valence-electron chi connectivity index (χ2n) is 12.2. The van der Waals surface area contributed by atoms with E-state index in [1.54, 1.807) is 21.1 Å². The third kappa shape index (κ3) is 14.8. The average Bonchev–Trinajstić information content (AvgIpc) is 3.04. The first-order valence-electron chi connectivity index (χ1n) is 17.1. The van der Waals surface area contributed by atoms with Crippen LogP contribution in [0.4, 0.5) is 35.1 Å². The topological polar surface area (TPSA) is 16.6 Å². The molecule has 0 radical (unpaired) electrons. The Balaban J connectivity index is 0.000000704. The van der Waals surface area contributed by atoms with E-state index in [0.717, 1.165) is 0 Å². The van der Waals surface area contributed by atoms with Crippen molar-refractivity contribution < 1.29 is 40.4 Å². The van der Waals surface area contributed by atoms with Gasteiger partial charge >= 0.3 is 0 Å². The van der Waals surface area contributed by atoms with Crippen LogP contribution in [0.5, 0.6) is 0 Å². The van der Waals surface area contributed by atoms with Crippen molar-refractivity contribution in [3.05, 3.63) is 58.7 Å². The van der Waals surface area contributed by atoms with E-state index < -0.39 is 70.7 Å². The Morgan fingerprint density at radius 2 is 0.844 bits per heavy atom. The SMILES string of the molecule is CCCC[NH2+]CCC.CCC[CH2][Al-]([CH2]CCC)([CH2]CCC)[CH2]CCC.Fc1ccc(-c2c(F)c(F)c(F)c(F)c2F)c(F)c1F. The second kappa shape index (κ2) is 24.5. The van der Waals surface area contributed by atoms with Crippen molar-refractivity contribution in [1.82, 2.24) is 0 Å². The number of benzene rings is 2. The highest BCUT2D eigenvalue weighted by molar-refractivity contribution is 6.79. The van der Waals surface area contributed by atoms with Gasteiger partial charge in [-0.2, -0.15) is 21.1 Å². The lowest BCUT2D eigenvalue weighted by Crippen LogP contribution is -2.84. The molecule has 0 spiro atoms. The van der Waals surface area contributed by atoms with Gasteiger partial charge in [-0.05, 0) is 25.0 Å². The summed E-state index contributed by atoms with van der Waals surface area (Å²) in [4.78, 5) is 0. The van der Waals surface area contributed by atoms with Crippen molar-refractivity contribution in [1.29, 1.82) is 0 Å². The van der Waals surface area contributed by atoms with E-state index in [9.17, 15) is 35.1 Å². The first kappa shape index (κ1) is 43.4. The van der Waals surface area contributed by atoms with Crippen LogP contribution in [0.3, 0.4) is 0 Å². The normalized spacial score (nSPS) is 11.2. The maximum Gasteiger partial charge on any atom is 0.200 e. The summed E-state index contributed by atoms with van der Waals surface area (Å²) in [6.45, 7) is 16.5. The van der Waals surface area contributed by atoms with Crippen LogP contribution in [-0.2, 0) is 0 Å². The zero-order valence-corrected chi connectivity index (χ0v) is 29.5. The molecule has 0 fully saturated rings. The minimum absolute atomic E-state index is 0.297. The smallest absolute Gasteiger partial charge is 0.200 e. The molecule has 2 aromatic rings. The van der Waals surface area contributed by atoms with Gasteiger partial charge in [-0.1, -0.05) is 99.3 Å². The predicted molar refractivity (Wildman–Crippen MR) is 173 cm³/mol. The van der Waals surface area contributed by atoms with Crippen molar-refractivity contribution in [2.24, 2.45) is 0 Å². The Morgan fingerprint density at radius 1 is 0.444 bits per heavy atom. The van der Waals surface area contributed by atoms with Crippen molar-refractivity contribution in [3.8, 4) is 11.1 Å². The fourth-order valence-corrected chi connectivity index (χ4v) is 12.5. The van der Waals surface area contributed by atoms with Gasteiger partial charge in [-0.15, -0.1) is 0 Å². The number of hydrogen-bond donors (Lipinski definition) is 1. The van der Waals surface area contributed by atoms with Gasteiger partial charge in [-0.25, -0.2) is 35.1 Å². The minimum Gasteiger partial charge on any atom is -0.346 e. The molecule has 1 nitrogen and oxygen atoms in total. The predicted octanol–water partition coefficient (Wildman–Crippen LogP) is 11.9. The summed E-state index contributed by atoms with van der Waals surface area (Å²) in [7, 11) is 0. The molecule has 0 atom stereocenters. The van der Waals surface area contributed by atoms with E-state index in [1.165, 1.54) is 83.7 Å². The molecule has 0 aliphatic carbocycles. The molecular weight excluding hydrogens is 613 g/mol. The lowest BCUT2D eigenvalue weighted by atomic mass is 10.0. The van der Waals surface area contributed by atoms with Gasteiger partial charge < -0.3 is 5.32 Å². The van der Waals surface area contributed by atoms with Crippen LogP contribution in [0.2, 0.25) is 21.1 Å². The fourth-order valence-electron chi connectivity index (χ4n) is 5.67. The molecule has 0 amide bonds. The molecule has 2 aromatic carbocycles. The van der Waals surface area contributed by atoms with Gasteiger partial charge in [0.15, 0.2) is 40.7 Å². The zero-order valence-electron chi connectivity index (χ0n) is 28.4. The van der Waals surface area contributed by atoms with Crippen LogP contribution in [0.15, 0.2) is 12.1 Å². The molecule has 0 unspecified atom stereocenters. The van der Waals surface area contributed by atoms with Crippen LogP contribution >= 0.6 is 0 Å². The van der Waals surface area contributed by atoms with Gasteiger partial charge in [0.05, 0.1) is 18.7 Å². The lowest BCUT2D eigenvalue weighted by Gasteiger charge is -2.36. The van der Waals surface area contributed by atoms with Crippen LogP contribution in [0, 0.1) is 46.5 Å². The number of nitrogens with two attached hydrogens (primary N) is 1. The van der Waals surface area contributed by atoms with Crippen molar-refractivity contribution in [2.45, 2.75) is 133 Å². The quantitative estimate of drug-likeness (QED) is 0.0535. The number of unbranched alkanes of at least 4 members (excludes halogenated alkanes) is 5. The molecule has 2 rings (SSSR count). The Bertz CT molecular complexity index is 1020. The monoisotopic (exact) mass is 669 g/mol. The van der Waals surface area contributed by atoms with Gasteiger partial charge in [-0.3, -0.25) is 0 Å². The Hall–Kier alpha value is -1.63. The molecular formula is C35H56AlF8N. The van der Waals surface area contributed by atoms with Crippen molar-refractivity contribution in [3.63, 3.8) is 0 Å². The largest absolute Gasteiger partial charge is 0.346 e. The highest BCUT2D eigenvalue weighted by Crippen LogP contribution is 2.35.